The molecule has 0 radical (unpaired) electrons. The molecule has 1 N–H and O–H groups in total. The van der Waals surface area contributed by atoms with E-state index in [1.807, 2.05) is 26.0 Å². The van der Waals surface area contributed by atoms with Crippen molar-refractivity contribution in [2.24, 2.45) is 0 Å². The first-order valence-electron chi connectivity index (χ1n) is 8.07. The second-order valence-corrected chi connectivity index (χ2v) is 5.95. The van der Waals surface area contributed by atoms with Gasteiger partial charge >= 0.3 is 0 Å². The molecule has 0 saturated heterocycles. The van der Waals surface area contributed by atoms with E-state index in [4.69, 9.17) is 9.47 Å². The Balaban J connectivity index is 1.96. The number of aryl methyl sites for hydroxylation is 2. The predicted molar refractivity (Wildman–Crippen MR) is 96.4 cm³/mol. The van der Waals surface area contributed by atoms with Crippen molar-refractivity contribution >= 4 is 12.2 Å². The van der Waals surface area contributed by atoms with Gasteiger partial charge in [0.15, 0.2) is 18.1 Å². The van der Waals surface area contributed by atoms with E-state index in [0.717, 1.165) is 11.8 Å². The average Bonchev–Trinajstić information content (AvgIpc) is 2.61. The van der Waals surface area contributed by atoms with Crippen LogP contribution in [-0.4, -0.2) is 25.9 Å². The molecule has 0 saturated carbocycles. The van der Waals surface area contributed by atoms with Crippen LogP contribution in [0.4, 0.5) is 0 Å². The second kappa shape index (κ2) is 8.33. The molecule has 0 aliphatic rings. The number of hydrogen-bond acceptors (Lipinski definition) is 4. The number of benzene rings is 2. The van der Waals surface area contributed by atoms with Gasteiger partial charge in [0.1, 0.15) is 6.29 Å². The zero-order valence-electron chi connectivity index (χ0n) is 15.0. The first kappa shape index (κ1) is 18.5. The molecule has 0 aromatic heterocycles. The maximum atomic E-state index is 12.1. The lowest BCUT2D eigenvalue weighted by Gasteiger charge is -2.16. The highest BCUT2D eigenvalue weighted by atomic mass is 16.5. The Labute approximate surface area is 148 Å². The number of aldehydes is 1. The fourth-order valence-electron chi connectivity index (χ4n) is 2.42. The highest BCUT2D eigenvalue weighted by Gasteiger charge is 2.12. The standard InChI is InChI=1S/C20H23NO4/c1-13-5-7-17(9-14(13)2)15(3)21-20(23)12-25-18-8-6-16(11-22)10-19(18)24-4/h5-11,15H,12H2,1-4H3,(H,21,23). The molecule has 5 heteroatoms. The Bertz CT molecular complexity index is 770. The van der Waals surface area contributed by atoms with Gasteiger partial charge in [0, 0.05) is 5.56 Å². The third-order valence-electron chi connectivity index (χ3n) is 4.09. The van der Waals surface area contributed by atoms with Gasteiger partial charge in [-0.05, 0) is 55.7 Å². The van der Waals surface area contributed by atoms with Crippen molar-refractivity contribution in [1.82, 2.24) is 5.32 Å². The molecule has 5 nitrogen and oxygen atoms in total. The van der Waals surface area contributed by atoms with Gasteiger partial charge in [-0.2, -0.15) is 0 Å². The van der Waals surface area contributed by atoms with Gasteiger partial charge < -0.3 is 14.8 Å². The van der Waals surface area contributed by atoms with Crippen molar-refractivity contribution in [2.45, 2.75) is 26.8 Å². The molecule has 0 bridgehead atoms. The van der Waals surface area contributed by atoms with Gasteiger partial charge in [0.2, 0.25) is 0 Å². The van der Waals surface area contributed by atoms with Crippen LogP contribution in [0.15, 0.2) is 36.4 Å². The molecule has 2 aromatic rings. The van der Waals surface area contributed by atoms with E-state index in [1.165, 1.54) is 18.2 Å². The SMILES string of the molecule is COc1cc(C=O)ccc1OCC(=O)NC(C)c1ccc(C)c(C)c1. The summed E-state index contributed by atoms with van der Waals surface area (Å²) >= 11 is 0. The smallest absolute Gasteiger partial charge is 0.258 e. The minimum atomic E-state index is -0.229. The zero-order chi connectivity index (χ0) is 18.4. The molecule has 1 atom stereocenters. The molecule has 1 amide bonds. The highest BCUT2D eigenvalue weighted by Crippen LogP contribution is 2.27. The van der Waals surface area contributed by atoms with Crippen LogP contribution in [0.5, 0.6) is 11.5 Å². The van der Waals surface area contributed by atoms with Crippen LogP contribution in [0.1, 0.15) is 40.0 Å². The number of carbonyl (C=O) groups excluding carboxylic acids is 2. The Morgan fingerprint density at radius 1 is 1.12 bits per heavy atom. The number of rotatable bonds is 7. The molecular weight excluding hydrogens is 318 g/mol. The maximum Gasteiger partial charge on any atom is 0.258 e. The van der Waals surface area contributed by atoms with E-state index in [1.54, 1.807) is 18.2 Å². The van der Waals surface area contributed by atoms with Crippen LogP contribution in [0.2, 0.25) is 0 Å². The van der Waals surface area contributed by atoms with E-state index in [-0.39, 0.29) is 18.6 Å². The van der Waals surface area contributed by atoms with Crippen LogP contribution >= 0.6 is 0 Å². The van der Waals surface area contributed by atoms with E-state index in [0.29, 0.717) is 17.1 Å². The van der Waals surface area contributed by atoms with E-state index < -0.39 is 0 Å². The van der Waals surface area contributed by atoms with Crippen LogP contribution in [0, 0.1) is 13.8 Å². The number of amides is 1. The fourth-order valence-corrected chi connectivity index (χ4v) is 2.42. The Hall–Kier alpha value is -2.82. The average molecular weight is 341 g/mol. The van der Waals surface area contributed by atoms with Crippen molar-refractivity contribution in [3.05, 3.63) is 58.7 Å². The quantitative estimate of drug-likeness (QED) is 0.784. The largest absolute Gasteiger partial charge is 0.493 e. The number of methoxy groups -OCH3 is 1. The summed E-state index contributed by atoms with van der Waals surface area (Å²) in [4.78, 5) is 22.9. The fraction of sp³-hybridized carbons (Fsp3) is 0.300. The molecule has 0 fully saturated rings. The summed E-state index contributed by atoms with van der Waals surface area (Å²) in [7, 11) is 1.48. The minimum absolute atomic E-state index is 0.116. The molecule has 0 heterocycles. The number of hydrogen-bond donors (Lipinski definition) is 1. The monoisotopic (exact) mass is 341 g/mol. The Morgan fingerprint density at radius 3 is 2.52 bits per heavy atom. The van der Waals surface area contributed by atoms with Crippen LogP contribution < -0.4 is 14.8 Å². The lowest BCUT2D eigenvalue weighted by molar-refractivity contribution is -0.123. The van der Waals surface area contributed by atoms with Crippen molar-refractivity contribution in [2.75, 3.05) is 13.7 Å². The van der Waals surface area contributed by atoms with Gasteiger partial charge in [0.25, 0.3) is 5.91 Å². The highest BCUT2D eigenvalue weighted by molar-refractivity contribution is 5.78. The first-order valence-corrected chi connectivity index (χ1v) is 8.07. The van der Waals surface area contributed by atoms with E-state index >= 15 is 0 Å². The summed E-state index contributed by atoms with van der Waals surface area (Å²) in [6, 6.07) is 10.8. The number of ether oxygens (including phenoxy) is 2. The predicted octanol–water partition coefficient (Wildman–Crippen LogP) is 3.38. The summed E-state index contributed by atoms with van der Waals surface area (Å²) < 4.78 is 10.7. The third-order valence-corrected chi connectivity index (χ3v) is 4.09. The topological polar surface area (TPSA) is 64.6 Å². The molecule has 2 rings (SSSR count). The minimum Gasteiger partial charge on any atom is -0.493 e. The normalized spacial score (nSPS) is 11.5. The summed E-state index contributed by atoms with van der Waals surface area (Å²) in [6.45, 7) is 5.90. The summed E-state index contributed by atoms with van der Waals surface area (Å²) in [6.07, 6.45) is 0.726. The van der Waals surface area contributed by atoms with Gasteiger partial charge in [-0.3, -0.25) is 9.59 Å². The third kappa shape index (κ3) is 4.83. The molecular formula is C20H23NO4. The van der Waals surface area contributed by atoms with Gasteiger partial charge in [-0.1, -0.05) is 18.2 Å². The van der Waals surface area contributed by atoms with Crippen LogP contribution in [0.25, 0.3) is 0 Å². The summed E-state index contributed by atoms with van der Waals surface area (Å²) in [5.41, 5.74) is 3.94. The van der Waals surface area contributed by atoms with Gasteiger partial charge in [-0.25, -0.2) is 0 Å². The van der Waals surface area contributed by atoms with Crippen LogP contribution in [0.3, 0.4) is 0 Å². The lowest BCUT2D eigenvalue weighted by Crippen LogP contribution is -2.31. The number of nitrogens with one attached hydrogen (secondary N) is 1. The van der Waals surface area contributed by atoms with Crippen molar-refractivity contribution in [1.29, 1.82) is 0 Å². The molecule has 2 aromatic carbocycles. The maximum absolute atomic E-state index is 12.1. The Morgan fingerprint density at radius 2 is 1.88 bits per heavy atom. The second-order valence-electron chi connectivity index (χ2n) is 5.95. The molecule has 1 unspecified atom stereocenters. The molecule has 0 aliphatic carbocycles. The zero-order valence-corrected chi connectivity index (χ0v) is 15.0. The number of carbonyl (C=O) groups is 2. The summed E-state index contributed by atoms with van der Waals surface area (Å²) in [5.74, 6) is 0.605. The van der Waals surface area contributed by atoms with Crippen molar-refractivity contribution < 1.29 is 19.1 Å². The van der Waals surface area contributed by atoms with E-state index in [2.05, 4.69) is 18.3 Å². The molecule has 0 aliphatic heterocycles. The molecule has 132 valence electrons. The van der Waals surface area contributed by atoms with Gasteiger partial charge in [0.05, 0.1) is 13.2 Å². The van der Waals surface area contributed by atoms with E-state index in [9.17, 15) is 9.59 Å². The lowest BCUT2D eigenvalue weighted by atomic mass is 10.0. The van der Waals surface area contributed by atoms with Gasteiger partial charge in [-0.15, -0.1) is 0 Å². The van der Waals surface area contributed by atoms with Crippen molar-refractivity contribution in [3.8, 4) is 11.5 Å². The summed E-state index contributed by atoms with van der Waals surface area (Å²) in [5, 5.41) is 2.91. The molecule has 25 heavy (non-hydrogen) atoms. The Kier molecular flexibility index (Phi) is 6.17. The van der Waals surface area contributed by atoms with Crippen molar-refractivity contribution in [3.63, 3.8) is 0 Å². The first-order chi connectivity index (χ1) is 11.9. The molecule has 0 spiro atoms. The van der Waals surface area contributed by atoms with Crippen LogP contribution in [-0.2, 0) is 4.79 Å².